The fourth-order valence-corrected chi connectivity index (χ4v) is 18.6. The van der Waals surface area contributed by atoms with E-state index in [2.05, 4.69) is 27.7 Å². The van der Waals surface area contributed by atoms with Crippen molar-refractivity contribution in [3.63, 3.8) is 0 Å². The van der Waals surface area contributed by atoms with Crippen LogP contribution in [0.5, 0.6) is 0 Å². The number of aliphatic carboxylic acids is 1. The summed E-state index contributed by atoms with van der Waals surface area (Å²) in [5.74, 6) is -3.38. The summed E-state index contributed by atoms with van der Waals surface area (Å²) in [6.07, 6.45) is 13.4. The number of aliphatic hydroxyl groups excluding tert-OH is 3. The molecule has 0 unspecified atom stereocenters. The number of hydrogen-bond donors (Lipinski definition) is 3. The van der Waals surface area contributed by atoms with Gasteiger partial charge in [-0.2, -0.15) is 0 Å². The molecule has 1 aromatic rings. The van der Waals surface area contributed by atoms with E-state index in [1.807, 2.05) is 46.8 Å². The minimum atomic E-state index is -1.53. The Balaban J connectivity index is 0.000000211. The number of alkyl halides is 2. The van der Waals surface area contributed by atoms with Crippen LogP contribution in [0.1, 0.15) is 157 Å². The van der Waals surface area contributed by atoms with Gasteiger partial charge in [-0.1, -0.05) is 71.8 Å². The summed E-state index contributed by atoms with van der Waals surface area (Å²) >= 11 is 13.6. The van der Waals surface area contributed by atoms with Crippen LogP contribution in [0.15, 0.2) is 69.4 Å². The Kier molecular flexibility index (Phi) is 16.5. The first-order valence-electron chi connectivity index (χ1n) is 26.4. The first-order chi connectivity index (χ1) is 33.6. The summed E-state index contributed by atoms with van der Waals surface area (Å²) in [5, 5.41) is 46.8. The summed E-state index contributed by atoms with van der Waals surface area (Å²) in [6.45, 7) is 20.2. The van der Waals surface area contributed by atoms with Crippen molar-refractivity contribution in [2.45, 2.75) is 181 Å². The van der Waals surface area contributed by atoms with Crippen LogP contribution >= 0.6 is 23.2 Å². The Morgan fingerprint density at radius 2 is 1.60 bits per heavy atom. The normalized spacial score (nSPS) is 44.6. The van der Waals surface area contributed by atoms with Gasteiger partial charge < -0.3 is 39.1 Å². The van der Waals surface area contributed by atoms with Crippen LogP contribution in [0.2, 0.25) is 0 Å². The maximum absolute atomic E-state index is 13.6. The zero-order valence-electron chi connectivity index (χ0n) is 44.9. The maximum Gasteiger partial charge on any atom is 1.00 e. The predicted molar refractivity (Wildman–Crippen MR) is 270 cm³/mol. The molecule has 1 heterocycles. The molecule has 1 aromatic heterocycles. The standard InChI is InChI=1S/C31H48O6.C27H30Cl2O6.Na/c1-17(2)9-8-10-20(28(35)36)26-22-15-24(34)27-29(5)13-12-23(33)18(3)21(29)11-14-30(27,6)31(22,7)16-25(26)37-19(4)32;1-15-11-19-18-7-6-16-12-17(30)8-9-24(16,2)26(18,29)21(31)13-25(19,3)27(15,22(32)14-28)35-23(33)20-5-4-10-34-20;/h9,18,21-25,27,33-34H,8,10-16H2,1-7H3,(H,35,36);4-5,8-10,12,15,18-19,21,31H,6-7,11,13-14H2,1-3H3;/q;;+1/p-1/b26-20-;;/t18-,21-,22-,23+,24+,25-,27-,29-,30-,31-;15-,18+,19+,21+,24+,25+,26+,27+;/m01./s1. The molecule has 0 aromatic carbocycles. The van der Waals surface area contributed by atoms with E-state index in [9.17, 15) is 44.4 Å². The van der Waals surface area contributed by atoms with Gasteiger partial charge in [0.1, 0.15) is 6.10 Å². The molecule has 0 radical (unpaired) electrons. The van der Waals surface area contributed by atoms with E-state index in [-0.39, 0.29) is 123 Å². The SMILES string of the molecule is CC(=O)O[C@H]1C[C@@]2(C)[C@@H](C[C@@H](O)[C@H]3[C@@]4(C)CC[C@@H](O)[C@@H](C)[C@@H]4CC[C@@]32C)/C1=C(\CCC=C(C)C)C(=O)[O-].C[C@@H]1C[C@H]2[C@@H]3CCC4=CC(=O)C=C[C@]4(C)[C@@]3(Cl)[C@@H](O)C[C@]2(C)[C@@]1(OC(=O)c1ccco1)C(=O)CCl.[Na+]. The van der Waals surface area contributed by atoms with Gasteiger partial charge in [0.25, 0.3) is 0 Å². The van der Waals surface area contributed by atoms with Gasteiger partial charge in [-0.25, -0.2) is 4.79 Å². The number of esters is 2. The number of Topliss-reactive ketones (excluding diaryl/α,β-unsaturated/α-hetero) is 1. The Morgan fingerprint density at radius 3 is 2.22 bits per heavy atom. The Labute approximate surface area is 463 Å². The van der Waals surface area contributed by atoms with Crippen LogP contribution in [0.4, 0.5) is 0 Å². The summed E-state index contributed by atoms with van der Waals surface area (Å²) in [6, 6.07) is 3.07. The van der Waals surface area contributed by atoms with E-state index in [1.165, 1.54) is 25.3 Å². The molecular weight excluding hydrogens is 983 g/mol. The van der Waals surface area contributed by atoms with Crippen molar-refractivity contribution in [1.29, 1.82) is 0 Å². The number of ketones is 2. The topological polar surface area (TPSA) is 201 Å². The zero-order valence-corrected chi connectivity index (χ0v) is 48.4. The van der Waals surface area contributed by atoms with Gasteiger partial charge in [-0.05, 0) is 178 Å². The molecule has 9 rings (SSSR count). The van der Waals surface area contributed by atoms with Crippen molar-refractivity contribution in [3.8, 4) is 0 Å². The fraction of sp³-hybridized carbons (Fsp3) is 0.707. The van der Waals surface area contributed by atoms with Crippen LogP contribution in [0, 0.1) is 68.5 Å². The molecule has 0 saturated heterocycles. The Hall–Kier alpha value is -2.55. The molecule has 18 atom stereocenters. The van der Waals surface area contributed by atoms with E-state index in [0.29, 0.717) is 56.4 Å². The molecule has 0 spiro atoms. The summed E-state index contributed by atoms with van der Waals surface area (Å²) in [7, 11) is 0. The molecule has 8 aliphatic rings. The van der Waals surface area contributed by atoms with E-state index < -0.39 is 57.5 Å². The molecule has 12 nitrogen and oxygen atoms in total. The maximum atomic E-state index is 13.6. The molecule has 73 heavy (non-hydrogen) atoms. The molecule has 0 aliphatic heterocycles. The Bertz CT molecular complexity index is 2480. The van der Waals surface area contributed by atoms with Gasteiger partial charge in [0.15, 0.2) is 17.2 Å². The van der Waals surface area contributed by atoms with Gasteiger partial charge >= 0.3 is 41.5 Å². The van der Waals surface area contributed by atoms with Crippen molar-refractivity contribution in [1.82, 2.24) is 0 Å². The third-order valence-corrected chi connectivity index (χ3v) is 22.4. The van der Waals surface area contributed by atoms with Gasteiger partial charge in [-0.15, -0.1) is 23.2 Å². The van der Waals surface area contributed by atoms with E-state index in [4.69, 9.17) is 37.1 Å². The van der Waals surface area contributed by atoms with Crippen molar-refractivity contribution in [2.24, 2.45) is 68.5 Å². The van der Waals surface area contributed by atoms with Crippen LogP contribution in [-0.2, 0) is 28.7 Å². The van der Waals surface area contributed by atoms with Gasteiger partial charge in [-0.3, -0.25) is 14.4 Å². The third-order valence-electron chi connectivity index (χ3n) is 21.2. The Morgan fingerprint density at radius 1 is 0.904 bits per heavy atom. The number of aliphatic hydroxyl groups is 3. The number of allylic oxidation sites excluding steroid dienone is 6. The molecular formula is C58H77Cl2NaO12. The number of ether oxygens (including phenoxy) is 2. The summed E-state index contributed by atoms with van der Waals surface area (Å²) < 4.78 is 17.2. The molecule has 7 fully saturated rings. The smallest absolute Gasteiger partial charge is 0.545 e. The minimum Gasteiger partial charge on any atom is -0.545 e. The van der Waals surface area contributed by atoms with Crippen LogP contribution in [0.3, 0.4) is 0 Å². The fourth-order valence-electron chi connectivity index (χ4n) is 17.9. The molecule has 8 aliphatic carbocycles. The molecule has 396 valence electrons. The van der Waals surface area contributed by atoms with Crippen LogP contribution < -0.4 is 34.7 Å². The second-order valence-electron chi connectivity index (χ2n) is 24.7. The number of fused-ring (bicyclic) bond motifs is 10. The average Bonchev–Trinajstić information content (AvgIpc) is 3.99. The number of rotatable bonds is 9. The van der Waals surface area contributed by atoms with Gasteiger partial charge in [0.05, 0.1) is 41.3 Å². The van der Waals surface area contributed by atoms with Gasteiger partial charge in [0.2, 0.25) is 5.76 Å². The van der Waals surface area contributed by atoms with E-state index in [0.717, 1.165) is 36.8 Å². The van der Waals surface area contributed by atoms with Crippen molar-refractivity contribution in [2.75, 3.05) is 5.88 Å². The van der Waals surface area contributed by atoms with E-state index >= 15 is 0 Å². The molecule has 15 heteroatoms. The summed E-state index contributed by atoms with van der Waals surface area (Å²) in [4.78, 5) is 62.4. The predicted octanol–water partition coefficient (Wildman–Crippen LogP) is 6.20. The number of carboxylic acid groups (broad SMARTS) is 1. The number of halogens is 2. The number of carbonyl (C=O) groups is 5. The number of carbonyl (C=O) groups excluding carboxylic acids is 5. The molecule has 0 bridgehead atoms. The first-order valence-corrected chi connectivity index (χ1v) is 27.3. The monoisotopic (exact) mass is 1060 g/mol. The quantitative estimate of drug-likeness (QED) is 0.0833. The number of furan rings is 1. The third kappa shape index (κ3) is 8.80. The average molecular weight is 1060 g/mol. The van der Waals surface area contributed by atoms with Gasteiger partial charge in [0, 0.05) is 23.7 Å². The van der Waals surface area contributed by atoms with Crippen LogP contribution in [0.25, 0.3) is 0 Å². The van der Waals surface area contributed by atoms with Crippen molar-refractivity contribution in [3.05, 3.63) is 70.8 Å². The second-order valence-corrected chi connectivity index (χ2v) is 25.6. The van der Waals surface area contributed by atoms with Crippen LogP contribution in [-0.4, -0.2) is 85.6 Å². The number of carboxylic acids is 1. The molecule has 7 saturated carbocycles. The molecule has 0 amide bonds. The minimum absolute atomic E-state index is 0. The zero-order chi connectivity index (χ0) is 52.9. The summed E-state index contributed by atoms with van der Waals surface area (Å²) in [5.41, 5.74) is -0.888. The second kappa shape index (κ2) is 20.7. The first kappa shape index (κ1) is 58.1. The largest absolute Gasteiger partial charge is 1.00 e. The van der Waals surface area contributed by atoms with Crippen molar-refractivity contribution >= 4 is 52.7 Å². The number of hydrogen-bond acceptors (Lipinski definition) is 12. The van der Waals surface area contributed by atoms with Crippen molar-refractivity contribution < 1.29 is 87.8 Å². The van der Waals surface area contributed by atoms with E-state index in [1.54, 1.807) is 12.1 Å². The molecule has 3 N–H and O–H groups in total.